The van der Waals surface area contributed by atoms with Crippen molar-refractivity contribution >= 4 is 39.4 Å². The van der Waals surface area contributed by atoms with Crippen molar-refractivity contribution in [2.75, 3.05) is 39.3 Å². The molecule has 12 heteroatoms. The number of nitrogens with one attached hydrogen (secondary N) is 3. The molecule has 236 valence electrons. The van der Waals surface area contributed by atoms with E-state index in [4.69, 9.17) is 0 Å². The van der Waals surface area contributed by atoms with Crippen molar-refractivity contribution in [3.05, 3.63) is 83.9 Å². The number of carbonyl (C=O) groups is 3. The van der Waals surface area contributed by atoms with E-state index in [0.717, 1.165) is 35.8 Å². The van der Waals surface area contributed by atoms with Gasteiger partial charge in [-0.05, 0) is 60.7 Å². The lowest BCUT2D eigenvalue weighted by Crippen LogP contribution is -2.46. The quantitative estimate of drug-likeness (QED) is 0.170. The normalized spacial score (nSPS) is 15.6. The van der Waals surface area contributed by atoms with E-state index in [9.17, 15) is 27.9 Å². The first-order valence-corrected chi connectivity index (χ1v) is 16.0. The van der Waals surface area contributed by atoms with Gasteiger partial charge < -0.3 is 21.1 Å². The summed E-state index contributed by atoms with van der Waals surface area (Å²) in [6.45, 7) is 3.19. The summed E-state index contributed by atoms with van der Waals surface area (Å²) in [4.78, 5) is 39.1. The first-order valence-electron chi connectivity index (χ1n) is 14.8. The van der Waals surface area contributed by atoms with Gasteiger partial charge >= 0.3 is 0 Å². The summed E-state index contributed by atoms with van der Waals surface area (Å²) < 4.78 is 25.0. The van der Waals surface area contributed by atoms with E-state index in [1.807, 2.05) is 42.5 Å². The van der Waals surface area contributed by atoms with Gasteiger partial charge in [-0.15, -0.1) is 0 Å². The number of thiol groups is 1. The van der Waals surface area contributed by atoms with Gasteiger partial charge in [-0.3, -0.25) is 19.3 Å². The van der Waals surface area contributed by atoms with Crippen LogP contribution in [0.3, 0.4) is 0 Å². The van der Waals surface area contributed by atoms with Crippen LogP contribution >= 0.6 is 0 Å². The Bertz CT molecular complexity index is 1480. The summed E-state index contributed by atoms with van der Waals surface area (Å²) in [6, 6.07) is 24.1. The molecule has 0 saturated carbocycles. The van der Waals surface area contributed by atoms with E-state index in [2.05, 4.69) is 58.1 Å². The van der Waals surface area contributed by atoms with Crippen LogP contribution in [0.2, 0.25) is 0 Å². The molecule has 2 unspecified atom stereocenters. The molecule has 1 fully saturated rings. The molecule has 1 aliphatic rings. The number of nitrogens with zero attached hydrogens (tertiary/aromatic N) is 2. The average molecular weight is 624 g/mol. The minimum absolute atomic E-state index is 0.115. The van der Waals surface area contributed by atoms with Crippen LogP contribution in [0.15, 0.2) is 72.8 Å². The van der Waals surface area contributed by atoms with E-state index in [1.165, 1.54) is 16.3 Å². The van der Waals surface area contributed by atoms with Crippen molar-refractivity contribution in [2.24, 2.45) is 5.92 Å². The van der Waals surface area contributed by atoms with Crippen molar-refractivity contribution in [2.45, 2.75) is 38.5 Å². The summed E-state index contributed by atoms with van der Waals surface area (Å²) >= 11 is 0. The minimum atomic E-state index is -2.99. The number of hydrogen-bond acceptors (Lipinski definition) is 7. The zero-order valence-corrected chi connectivity index (χ0v) is 25.7. The molecule has 1 aliphatic heterocycles. The van der Waals surface area contributed by atoms with Gasteiger partial charge in [0.2, 0.25) is 22.7 Å². The van der Waals surface area contributed by atoms with Gasteiger partial charge in [0.05, 0.1) is 19.6 Å². The van der Waals surface area contributed by atoms with Crippen molar-refractivity contribution < 1.29 is 27.9 Å². The molecule has 3 aromatic rings. The maximum Gasteiger partial charge on any atom is 0.250 e. The molecule has 4 N–H and O–H groups in total. The lowest BCUT2D eigenvalue weighted by atomic mass is 9.93. The Labute approximate surface area is 259 Å². The third-order valence-corrected chi connectivity index (χ3v) is 8.81. The number of rotatable bonds is 14. The highest BCUT2D eigenvalue weighted by molar-refractivity contribution is 7.69. The molecule has 3 aromatic carbocycles. The third-order valence-electron chi connectivity index (χ3n) is 8.05. The highest BCUT2D eigenvalue weighted by atomic mass is 32.2. The number of likely N-dealkylation sites (tertiary alicyclic amines) is 1. The Hall–Kier alpha value is -3.84. The topological polar surface area (TPSA) is 148 Å². The Kier molecular flexibility index (Phi) is 12.2. The number of carbonyl (C=O) groups excluding carboxylic acids is 3. The average Bonchev–Trinajstić information content (AvgIpc) is 3.05. The van der Waals surface area contributed by atoms with Crippen LogP contribution in [0.25, 0.3) is 10.8 Å². The monoisotopic (exact) mass is 623 g/mol. The molecule has 0 bridgehead atoms. The molecule has 2 atom stereocenters. The molecule has 1 saturated heterocycles. The molecule has 0 radical (unpaired) electrons. The summed E-state index contributed by atoms with van der Waals surface area (Å²) in [7, 11) is -2.99. The van der Waals surface area contributed by atoms with Crippen molar-refractivity contribution in [1.82, 2.24) is 25.2 Å². The molecule has 3 amide bonds. The first kappa shape index (κ1) is 33.1. The summed E-state index contributed by atoms with van der Waals surface area (Å²) in [5.74, 6) is -1.74. The third kappa shape index (κ3) is 9.58. The van der Waals surface area contributed by atoms with E-state index in [-0.39, 0.29) is 38.1 Å². The second-order valence-electron chi connectivity index (χ2n) is 11.1. The highest BCUT2D eigenvalue weighted by Gasteiger charge is 2.27. The standard InChI is InChI=1S/C32H41N5O6S/c1-23(27-13-7-11-26-10-5-6-12-28(26)27)36-16-14-25(15-17-36)21-37(44(42)43)22-31(40)34-20-30(39)33-19-29(38)32(41)35-18-24-8-3-2-4-9-24/h2-13,23,25,29,38,44H,14-22H2,1H3,(H,33,39)(H,34,40)(H,35,41). The number of piperidine rings is 1. The van der Waals surface area contributed by atoms with Crippen LogP contribution in [-0.2, 0) is 31.8 Å². The van der Waals surface area contributed by atoms with Gasteiger partial charge in [0.25, 0.3) is 5.91 Å². The first-order chi connectivity index (χ1) is 21.2. The molecule has 44 heavy (non-hydrogen) atoms. The molecular formula is C32H41N5O6S. The molecule has 0 spiro atoms. The number of benzene rings is 3. The maximum atomic E-state index is 12.5. The number of aliphatic hydroxyl groups excluding tert-OH is 1. The van der Waals surface area contributed by atoms with E-state index < -0.39 is 41.3 Å². The van der Waals surface area contributed by atoms with E-state index in [1.54, 1.807) is 0 Å². The maximum absolute atomic E-state index is 12.5. The van der Waals surface area contributed by atoms with Crippen molar-refractivity contribution in [1.29, 1.82) is 0 Å². The highest BCUT2D eigenvalue weighted by Crippen LogP contribution is 2.31. The minimum Gasteiger partial charge on any atom is -0.381 e. The molecule has 0 aromatic heterocycles. The van der Waals surface area contributed by atoms with Crippen molar-refractivity contribution in [3.63, 3.8) is 0 Å². The summed E-state index contributed by atoms with van der Waals surface area (Å²) in [6.07, 6.45) is 0.153. The van der Waals surface area contributed by atoms with Crippen LogP contribution in [-0.4, -0.2) is 85.8 Å². The summed E-state index contributed by atoms with van der Waals surface area (Å²) in [5, 5.41) is 19.8. The zero-order valence-electron chi connectivity index (χ0n) is 24.9. The van der Waals surface area contributed by atoms with Crippen LogP contribution < -0.4 is 16.0 Å². The lowest BCUT2D eigenvalue weighted by molar-refractivity contribution is -0.130. The fourth-order valence-electron chi connectivity index (χ4n) is 5.49. The SMILES string of the molecule is CC(c1cccc2ccccc12)N1CCC(CN(CC(=O)NCC(=O)NCC(O)C(=O)NCc2ccccc2)[SH](=O)=O)CC1. The van der Waals surface area contributed by atoms with Gasteiger partial charge in [0.1, 0.15) is 6.10 Å². The largest absolute Gasteiger partial charge is 0.381 e. The zero-order chi connectivity index (χ0) is 31.5. The van der Waals surface area contributed by atoms with E-state index >= 15 is 0 Å². The van der Waals surface area contributed by atoms with Crippen molar-refractivity contribution in [3.8, 4) is 0 Å². The van der Waals surface area contributed by atoms with Gasteiger partial charge in [-0.1, -0.05) is 72.8 Å². The van der Waals surface area contributed by atoms with E-state index in [0.29, 0.717) is 0 Å². The Morgan fingerprint density at radius 2 is 1.59 bits per heavy atom. The van der Waals surface area contributed by atoms with Gasteiger partial charge in [0, 0.05) is 19.1 Å². The number of amides is 3. The number of hydrogen-bond donors (Lipinski definition) is 5. The van der Waals surface area contributed by atoms with Gasteiger partial charge in [-0.2, -0.15) is 4.31 Å². The van der Waals surface area contributed by atoms with Crippen LogP contribution in [0.4, 0.5) is 0 Å². The predicted molar refractivity (Wildman–Crippen MR) is 169 cm³/mol. The molecule has 11 nitrogen and oxygen atoms in total. The number of fused-ring (bicyclic) bond motifs is 1. The lowest BCUT2D eigenvalue weighted by Gasteiger charge is -2.37. The molecule has 1 heterocycles. The summed E-state index contributed by atoms with van der Waals surface area (Å²) in [5.41, 5.74) is 2.14. The fourth-order valence-corrected chi connectivity index (χ4v) is 6.10. The van der Waals surface area contributed by atoms with Crippen LogP contribution in [0.1, 0.15) is 36.9 Å². The Morgan fingerprint density at radius 1 is 0.909 bits per heavy atom. The molecular weight excluding hydrogens is 582 g/mol. The van der Waals surface area contributed by atoms with Crippen LogP contribution in [0.5, 0.6) is 0 Å². The second-order valence-corrected chi connectivity index (χ2v) is 12.2. The second kappa shape index (κ2) is 16.3. The van der Waals surface area contributed by atoms with Crippen LogP contribution in [0, 0.1) is 5.92 Å². The molecule has 0 aliphatic carbocycles. The van der Waals surface area contributed by atoms with Gasteiger partial charge in [0.15, 0.2) is 0 Å². The molecule has 4 rings (SSSR count). The van der Waals surface area contributed by atoms with Gasteiger partial charge in [-0.25, -0.2) is 8.42 Å². The predicted octanol–water partition coefficient (Wildman–Crippen LogP) is 1.35. The Morgan fingerprint density at radius 3 is 2.32 bits per heavy atom. The Balaban J connectivity index is 1.16. The smallest absolute Gasteiger partial charge is 0.250 e. The number of aliphatic hydroxyl groups is 1. The fraction of sp³-hybridized carbons (Fsp3) is 0.406.